The first kappa shape index (κ1) is 23.8. The maximum absolute atomic E-state index is 14.2. The summed E-state index contributed by atoms with van der Waals surface area (Å²) in [7, 11) is 2.60. The largest absolute Gasteiger partial charge is 0.369 e. The number of H-pyrrole nitrogens is 1. The standard InChI is InChI=1S/C24H20Cl2N6O4/c1-31-20(34)24(21(35)32(2)23(31)36)16(11-3-7-13(25)8-4-11)15-18(29-22(27)30-19(15)33)28-17(24)12-5-9-14(26)10-6-12/h3-10,16-17H,1-2H3,(H4,27,28,29,30,33). The third kappa shape index (κ3) is 3.29. The Labute approximate surface area is 215 Å². The lowest BCUT2D eigenvalue weighted by molar-refractivity contribution is -0.160. The molecule has 3 heterocycles. The number of nitrogens with two attached hydrogens (primary N) is 1. The van der Waals surface area contributed by atoms with Gasteiger partial charge in [-0.25, -0.2) is 4.79 Å². The molecule has 36 heavy (non-hydrogen) atoms. The van der Waals surface area contributed by atoms with Crippen molar-refractivity contribution in [2.45, 2.75) is 12.0 Å². The van der Waals surface area contributed by atoms with Crippen LogP contribution in [0.25, 0.3) is 0 Å². The first-order valence-corrected chi connectivity index (χ1v) is 11.6. The van der Waals surface area contributed by atoms with Crippen molar-refractivity contribution in [1.29, 1.82) is 0 Å². The van der Waals surface area contributed by atoms with Crippen molar-refractivity contribution in [2.75, 3.05) is 25.1 Å². The van der Waals surface area contributed by atoms with E-state index in [-0.39, 0.29) is 17.3 Å². The summed E-state index contributed by atoms with van der Waals surface area (Å²) in [5.74, 6) is -2.72. The Morgan fingerprint density at radius 2 is 1.36 bits per heavy atom. The Hall–Kier alpha value is -3.89. The second-order valence-corrected chi connectivity index (χ2v) is 9.58. The molecule has 2 unspecified atom stereocenters. The molecule has 5 rings (SSSR count). The maximum atomic E-state index is 14.2. The fourth-order valence-corrected chi connectivity index (χ4v) is 5.40. The van der Waals surface area contributed by atoms with Gasteiger partial charge in [-0.15, -0.1) is 0 Å². The minimum absolute atomic E-state index is 0.0367. The van der Waals surface area contributed by atoms with Gasteiger partial charge in [0.05, 0.1) is 11.6 Å². The van der Waals surface area contributed by atoms with Crippen LogP contribution < -0.4 is 16.6 Å². The van der Waals surface area contributed by atoms with E-state index in [1.165, 1.54) is 14.1 Å². The van der Waals surface area contributed by atoms with Crippen molar-refractivity contribution in [1.82, 2.24) is 19.8 Å². The average molecular weight is 527 g/mol. The van der Waals surface area contributed by atoms with Gasteiger partial charge in [0.25, 0.3) is 5.56 Å². The number of imide groups is 2. The Bertz CT molecular complexity index is 1450. The fraction of sp³-hybridized carbons (Fsp3) is 0.208. The van der Waals surface area contributed by atoms with Gasteiger partial charge >= 0.3 is 6.03 Å². The predicted molar refractivity (Wildman–Crippen MR) is 134 cm³/mol. The number of carbonyl (C=O) groups excluding carboxylic acids is 3. The first-order chi connectivity index (χ1) is 17.1. The number of nitrogens with one attached hydrogen (secondary N) is 2. The highest BCUT2D eigenvalue weighted by atomic mass is 35.5. The van der Waals surface area contributed by atoms with Crippen molar-refractivity contribution >= 4 is 52.8 Å². The molecule has 12 heteroatoms. The molecule has 2 aliphatic rings. The van der Waals surface area contributed by atoms with E-state index in [9.17, 15) is 19.2 Å². The molecular formula is C24H20Cl2N6O4. The zero-order chi connectivity index (χ0) is 25.9. The van der Waals surface area contributed by atoms with Gasteiger partial charge in [-0.1, -0.05) is 47.5 Å². The predicted octanol–water partition coefficient (Wildman–Crippen LogP) is 2.99. The van der Waals surface area contributed by atoms with E-state index in [1.54, 1.807) is 48.5 Å². The van der Waals surface area contributed by atoms with Crippen LogP contribution in [0.1, 0.15) is 28.7 Å². The average Bonchev–Trinajstić information content (AvgIpc) is 2.85. The van der Waals surface area contributed by atoms with Crippen LogP contribution in [0, 0.1) is 5.41 Å². The molecule has 1 aromatic heterocycles. The van der Waals surface area contributed by atoms with Gasteiger partial charge < -0.3 is 11.1 Å². The third-order valence-corrected chi connectivity index (χ3v) is 7.26. The molecule has 4 N–H and O–H groups in total. The van der Waals surface area contributed by atoms with E-state index in [1.807, 2.05) is 0 Å². The van der Waals surface area contributed by atoms with Crippen LogP contribution in [0.3, 0.4) is 0 Å². The number of barbiturate groups is 1. The molecule has 1 saturated heterocycles. The number of amides is 4. The van der Waals surface area contributed by atoms with E-state index in [4.69, 9.17) is 28.9 Å². The fourth-order valence-electron chi connectivity index (χ4n) is 5.15. The van der Waals surface area contributed by atoms with Gasteiger partial charge in [-0.05, 0) is 35.4 Å². The number of hydrogen-bond donors (Lipinski definition) is 3. The number of fused-ring (bicyclic) bond motifs is 1. The van der Waals surface area contributed by atoms with E-state index >= 15 is 0 Å². The summed E-state index contributed by atoms with van der Waals surface area (Å²) in [6, 6.07) is 11.2. The highest BCUT2D eigenvalue weighted by Gasteiger charge is 2.67. The molecular weight excluding hydrogens is 507 g/mol. The summed E-state index contributed by atoms with van der Waals surface area (Å²) in [6.45, 7) is 0. The molecule has 0 bridgehead atoms. The van der Waals surface area contributed by atoms with Gasteiger partial charge in [-0.3, -0.25) is 29.2 Å². The monoisotopic (exact) mass is 526 g/mol. The number of hydrogen-bond acceptors (Lipinski definition) is 7. The number of aromatic amines is 1. The van der Waals surface area contributed by atoms with E-state index in [0.717, 1.165) is 9.80 Å². The summed E-state index contributed by atoms with van der Waals surface area (Å²) in [5.41, 5.74) is 4.24. The van der Waals surface area contributed by atoms with Crippen molar-refractivity contribution in [3.8, 4) is 0 Å². The second kappa shape index (κ2) is 8.35. The number of aromatic nitrogens is 2. The number of halogens is 2. The minimum Gasteiger partial charge on any atom is -0.369 e. The van der Waals surface area contributed by atoms with Gasteiger partial charge in [-0.2, -0.15) is 4.98 Å². The summed E-state index contributed by atoms with van der Waals surface area (Å²) in [6.07, 6.45) is 0. The smallest absolute Gasteiger partial charge is 0.332 e. The lowest BCUT2D eigenvalue weighted by atomic mass is 9.59. The first-order valence-electron chi connectivity index (χ1n) is 10.8. The van der Waals surface area contributed by atoms with Gasteiger partial charge in [0.2, 0.25) is 17.8 Å². The Balaban J connectivity index is 1.92. The summed E-state index contributed by atoms with van der Waals surface area (Å²) >= 11 is 12.2. The summed E-state index contributed by atoms with van der Waals surface area (Å²) in [4.78, 5) is 62.9. The Morgan fingerprint density at radius 3 is 1.89 bits per heavy atom. The third-order valence-electron chi connectivity index (χ3n) is 6.75. The second-order valence-electron chi connectivity index (χ2n) is 8.71. The van der Waals surface area contributed by atoms with Crippen LogP contribution in [0.4, 0.5) is 16.6 Å². The van der Waals surface area contributed by atoms with E-state index < -0.39 is 40.8 Å². The maximum Gasteiger partial charge on any atom is 0.332 e. The van der Waals surface area contributed by atoms with Gasteiger partial charge in [0.15, 0.2) is 5.41 Å². The Kier molecular flexibility index (Phi) is 5.53. The molecule has 1 fully saturated rings. The topological polar surface area (TPSA) is 141 Å². The number of carbonyl (C=O) groups is 3. The number of anilines is 2. The Morgan fingerprint density at radius 1 is 0.861 bits per heavy atom. The number of nitrogen functional groups attached to an aromatic ring is 1. The SMILES string of the molecule is CN1C(=O)N(C)C(=O)C2(C1=O)C(c1ccc(Cl)cc1)Nc1nc(N)[nH]c(=O)c1C2c1ccc(Cl)cc1. The normalized spacial score (nSPS) is 20.9. The van der Waals surface area contributed by atoms with Crippen molar-refractivity contribution in [2.24, 2.45) is 5.41 Å². The van der Waals surface area contributed by atoms with Crippen molar-refractivity contribution < 1.29 is 14.4 Å². The molecule has 2 aromatic carbocycles. The van der Waals surface area contributed by atoms with E-state index in [2.05, 4.69) is 15.3 Å². The molecule has 10 nitrogen and oxygen atoms in total. The van der Waals surface area contributed by atoms with Crippen LogP contribution in [0.5, 0.6) is 0 Å². The quantitative estimate of drug-likeness (QED) is 0.435. The molecule has 3 aromatic rings. The van der Waals surface area contributed by atoms with Gasteiger partial charge in [0.1, 0.15) is 5.82 Å². The molecule has 184 valence electrons. The van der Waals surface area contributed by atoms with Crippen LogP contribution in [0.15, 0.2) is 53.3 Å². The van der Waals surface area contributed by atoms with Crippen LogP contribution in [-0.4, -0.2) is 51.7 Å². The van der Waals surface area contributed by atoms with Crippen LogP contribution >= 0.6 is 23.2 Å². The molecule has 0 aliphatic carbocycles. The minimum atomic E-state index is -1.99. The van der Waals surface area contributed by atoms with Crippen LogP contribution in [0.2, 0.25) is 10.0 Å². The number of nitrogens with zero attached hydrogens (tertiary/aromatic N) is 3. The zero-order valence-corrected chi connectivity index (χ0v) is 20.6. The van der Waals surface area contributed by atoms with Crippen LogP contribution in [-0.2, 0) is 9.59 Å². The van der Waals surface area contributed by atoms with Crippen molar-refractivity contribution in [3.63, 3.8) is 0 Å². The number of rotatable bonds is 2. The lowest BCUT2D eigenvalue weighted by Crippen LogP contribution is -2.69. The number of urea groups is 1. The molecule has 0 saturated carbocycles. The highest BCUT2D eigenvalue weighted by molar-refractivity contribution is 6.31. The number of benzene rings is 2. The summed E-state index contributed by atoms with van der Waals surface area (Å²) in [5, 5.41) is 3.99. The molecule has 2 atom stereocenters. The molecule has 2 aliphatic heterocycles. The zero-order valence-electron chi connectivity index (χ0n) is 19.1. The summed E-state index contributed by atoms with van der Waals surface area (Å²) < 4.78 is 0. The van der Waals surface area contributed by atoms with E-state index in [0.29, 0.717) is 21.2 Å². The molecule has 1 spiro atoms. The van der Waals surface area contributed by atoms with Gasteiger partial charge in [0, 0.05) is 30.1 Å². The van der Waals surface area contributed by atoms with Crippen molar-refractivity contribution in [3.05, 3.63) is 85.6 Å². The lowest BCUT2D eigenvalue weighted by Gasteiger charge is -2.52. The molecule has 0 radical (unpaired) electrons. The molecule has 4 amide bonds. The highest BCUT2D eigenvalue weighted by Crippen LogP contribution is 2.57.